The summed E-state index contributed by atoms with van der Waals surface area (Å²) < 4.78 is 23.5. The molecule has 1 aromatic carbocycles. The van der Waals surface area contributed by atoms with E-state index in [1.807, 2.05) is 0 Å². The number of amides is 2. The Kier molecular flexibility index (Phi) is 7.01. The molecule has 7 heteroatoms. The van der Waals surface area contributed by atoms with E-state index in [-0.39, 0.29) is 37.1 Å². The third kappa shape index (κ3) is 6.17. The van der Waals surface area contributed by atoms with Crippen molar-refractivity contribution in [3.8, 4) is 18.1 Å². The minimum Gasteiger partial charge on any atom is -0.479 e. The van der Waals surface area contributed by atoms with E-state index in [0.717, 1.165) is 6.07 Å². The monoisotopic (exact) mass is 356 g/mol. The van der Waals surface area contributed by atoms with Crippen LogP contribution in [0.15, 0.2) is 47.1 Å². The third-order valence-corrected chi connectivity index (χ3v) is 3.12. The maximum Gasteiger partial charge on any atom is 0.244 e. The molecule has 2 N–H and O–H groups in total. The normalized spacial score (nSPS) is 10.3. The van der Waals surface area contributed by atoms with E-state index in [1.54, 1.807) is 12.1 Å². The van der Waals surface area contributed by atoms with Crippen LogP contribution in [0.25, 0.3) is 6.08 Å². The fourth-order valence-electron chi connectivity index (χ4n) is 1.95. The first-order chi connectivity index (χ1) is 12.6. The number of carbonyl (C=O) groups is 2. The van der Waals surface area contributed by atoms with Gasteiger partial charge in [0.05, 0.1) is 12.0 Å². The SMILES string of the molecule is C#CCOc1cc(F)ccc1NC(=O)CCNC(=O)/C=C\c1ccco1. The molecule has 0 fully saturated rings. The van der Waals surface area contributed by atoms with Crippen LogP contribution in [0.5, 0.6) is 5.75 Å². The number of ether oxygens (including phenoxy) is 1. The topological polar surface area (TPSA) is 80.6 Å². The summed E-state index contributed by atoms with van der Waals surface area (Å²) in [5, 5.41) is 5.17. The Morgan fingerprint density at radius 1 is 1.35 bits per heavy atom. The predicted octanol–water partition coefficient (Wildman–Crippen LogP) is 2.59. The minimum absolute atomic E-state index is 0.0340. The number of rotatable bonds is 8. The zero-order valence-corrected chi connectivity index (χ0v) is 13.8. The Bertz CT molecular complexity index is 823. The molecule has 0 aliphatic carbocycles. The molecule has 2 rings (SSSR count). The highest BCUT2D eigenvalue weighted by Crippen LogP contribution is 2.25. The predicted molar refractivity (Wildman–Crippen MR) is 94.7 cm³/mol. The smallest absolute Gasteiger partial charge is 0.244 e. The maximum absolute atomic E-state index is 13.3. The van der Waals surface area contributed by atoms with Crippen molar-refractivity contribution >= 4 is 23.6 Å². The average Bonchev–Trinajstić information content (AvgIpc) is 3.13. The second-order valence-corrected chi connectivity index (χ2v) is 5.07. The van der Waals surface area contributed by atoms with E-state index < -0.39 is 5.82 Å². The Morgan fingerprint density at radius 2 is 2.19 bits per heavy atom. The quantitative estimate of drug-likeness (QED) is 0.563. The van der Waals surface area contributed by atoms with Gasteiger partial charge in [-0.25, -0.2) is 4.39 Å². The van der Waals surface area contributed by atoms with E-state index in [0.29, 0.717) is 11.4 Å². The van der Waals surface area contributed by atoms with E-state index in [4.69, 9.17) is 15.6 Å². The molecule has 0 aliphatic rings. The van der Waals surface area contributed by atoms with Crippen LogP contribution in [0.3, 0.4) is 0 Å². The Morgan fingerprint density at radius 3 is 2.92 bits per heavy atom. The molecule has 0 radical (unpaired) electrons. The molecular weight excluding hydrogens is 339 g/mol. The van der Waals surface area contributed by atoms with Gasteiger partial charge in [-0.15, -0.1) is 6.42 Å². The van der Waals surface area contributed by atoms with Crippen molar-refractivity contribution in [1.29, 1.82) is 0 Å². The van der Waals surface area contributed by atoms with Crippen LogP contribution in [0.1, 0.15) is 12.2 Å². The van der Waals surface area contributed by atoms with Gasteiger partial charge in [-0.1, -0.05) is 5.92 Å². The number of hydrogen-bond acceptors (Lipinski definition) is 4. The van der Waals surface area contributed by atoms with Crippen molar-refractivity contribution in [3.05, 3.63) is 54.2 Å². The van der Waals surface area contributed by atoms with Crippen LogP contribution in [0, 0.1) is 18.2 Å². The van der Waals surface area contributed by atoms with Gasteiger partial charge >= 0.3 is 0 Å². The van der Waals surface area contributed by atoms with Gasteiger partial charge < -0.3 is 19.8 Å². The van der Waals surface area contributed by atoms with Crippen molar-refractivity contribution in [1.82, 2.24) is 5.32 Å². The summed E-state index contributed by atoms with van der Waals surface area (Å²) in [4.78, 5) is 23.6. The second kappa shape index (κ2) is 9.69. The van der Waals surface area contributed by atoms with Crippen molar-refractivity contribution in [3.63, 3.8) is 0 Å². The molecule has 1 aromatic heterocycles. The molecule has 0 unspecified atom stereocenters. The summed E-state index contributed by atoms with van der Waals surface area (Å²) in [5.41, 5.74) is 0.302. The first-order valence-corrected chi connectivity index (χ1v) is 7.73. The largest absolute Gasteiger partial charge is 0.479 e. The number of nitrogens with one attached hydrogen (secondary N) is 2. The molecule has 0 saturated carbocycles. The van der Waals surface area contributed by atoms with Crippen LogP contribution in [-0.4, -0.2) is 25.0 Å². The zero-order chi connectivity index (χ0) is 18.8. The average molecular weight is 356 g/mol. The van der Waals surface area contributed by atoms with Gasteiger partial charge in [0.1, 0.15) is 23.9 Å². The molecule has 6 nitrogen and oxygen atoms in total. The number of hydrogen-bond donors (Lipinski definition) is 2. The summed E-state index contributed by atoms with van der Waals surface area (Å²) in [6.07, 6.45) is 9.47. The molecule has 26 heavy (non-hydrogen) atoms. The van der Waals surface area contributed by atoms with Crippen LogP contribution < -0.4 is 15.4 Å². The lowest BCUT2D eigenvalue weighted by Crippen LogP contribution is -2.26. The van der Waals surface area contributed by atoms with E-state index in [9.17, 15) is 14.0 Å². The van der Waals surface area contributed by atoms with Crippen molar-refractivity contribution in [2.45, 2.75) is 6.42 Å². The van der Waals surface area contributed by atoms with Crippen LogP contribution in [0.4, 0.5) is 10.1 Å². The maximum atomic E-state index is 13.3. The zero-order valence-electron chi connectivity index (χ0n) is 13.8. The number of benzene rings is 1. The molecule has 1 heterocycles. The first-order valence-electron chi connectivity index (χ1n) is 7.73. The van der Waals surface area contributed by atoms with Gasteiger partial charge in [0.15, 0.2) is 0 Å². The summed E-state index contributed by atoms with van der Waals surface area (Å²) in [7, 11) is 0. The fourth-order valence-corrected chi connectivity index (χ4v) is 1.95. The van der Waals surface area contributed by atoms with E-state index >= 15 is 0 Å². The molecule has 0 aliphatic heterocycles. The van der Waals surface area contributed by atoms with Gasteiger partial charge in [-0.2, -0.15) is 0 Å². The van der Waals surface area contributed by atoms with Gasteiger partial charge in [0, 0.05) is 25.1 Å². The number of furan rings is 1. The van der Waals surface area contributed by atoms with E-state index in [2.05, 4.69) is 16.6 Å². The highest BCUT2D eigenvalue weighted by Gasteiger charge is 2.09. The van der Waals surface area contributed by atoms with Crippen molar-refractivity contribution in [2.24, 2.45) is 0 Å². The Balaban J connectivity index is 1.80. The lowest BCUT2D eigenvalue weighted by atomic mass is 10.2. The standard InChI is InChI=1S/C19H17FN2O4/c1-2-11-26-17-13-14(20)5-7-16(17)22-19(24)9-10-21-18(23)8-6-15-4-3-12-25-15/h1,3-8,12-13H,9-11H2,(H,21,23)(H,22,24)/b8-6-. The van der Waals surface area contributed by atoms with Crippen molar-refractivity contribution < 1.29 is 23.1 Å². The lowest BCUT2D eigenvalue weighted by Gasteiger charge is -2.11. The molecule has 0 spiro atoms. The fraction of sp³-hybridized carbons (Fsp3) is 0.158. The Hall–Kier alpha value is -3.53. The molecule has 2 amide bonds. The lowest BCUT2D eigenvalue weighted by molar-refractivity contribution is -0.117. The second-order valence-electron chi connectivity index (χ2n) is 5.07. The molecular formula is C19H17FN2O4. The van der Waals surface area contributed by atoms with Gasteiger partial charge in [0.2, 0.25) is 11.8 Å². The number of carbonyl (C=O) groups excluding carboxylic acids is 2. The van der Waals surface area contributed by atoms with Gasteiger partial charge in [-0.05, 0) is 30.3 Å². The number of halogens is 1. The van der Waals surface area contributed by atoms with E-state index in [1.165, 1.54) is 30.5 Å². The summed E-state index contributed by atoms with van der Waals surface area (Å²) in [6, 6.07) is 7.12. The third-order valence-electron chi connectivity index (χ3n) is 3.12. The number of anilines is 1. The summed E-state index contributed by atoms with van der Waals surface area (Å²) in [5.74, 6) is 1.73. The molecule has 0 atom stereocenters. The van der Waals surface area contributed by atoms with Gasteiger partial charge in [0.25, 0.3) is 0 Å². The number of terminal acetylenes is 1. The molecule has 0 bridgehead atoms. The first kappa shape index (κ1) is 18.8. The molecule has 0 saturated heterocycles. The highest BCUT2D eigenvalue weighted by atomic mass is 19.1. The van der Waals surface area contributed by atoms with Crippen LogP contribution >= 0.6 is 0 Å². The Labute approximate surface area is 150 Å². The molecule has 134 valence electrons. The highest BCUT2D eigenvalue weighted by molar-refractivity contribution is 5.94. The minimum atomic E-state index is -0.509. The van der Waals surface area contributed by atoms with Crippen LogP contribution in [0.2, 0.25) is 0 Å². The summed E-state index contributed by atoms with van der Waals surface area (Å²) in [6.45, 7) is 0.0826. The molecule has 2 aromatic rings. The van der Waals surface area contributed by atoms with Gasteiger partial charge in [-0.3, -0.25) is 9.59 Å². The summed E-state index contributed by atoms with van der Waals surface area (Å²) >= 11 is 0. The van der Waals surface area contributed by atoms with Crippen LogP contribution in [-0.2, 0) is 9.59 Å². The van der Waals surface area contributed by atoms with Crippen molar-refractivity contribution in [2.75, 3.05) is 18.5 Å².